The quantitative estimate of drug-likeness (QED) is 0.705. The van der Waals surface area contributed by atoms with Crippen LogP contribution in [0.1, 0.15) is 23.9 Å². The molecule has 15 heavy (non-hydrogen) atoms. The van der Waals surface area contributed by atoms with E-state index in [0.717, 1.165) is 22.5 Å². The molecule has 0 aliphatic carbocycles. The van der Waals surface area contributed by atoms with Crippen LogP contribution in [0.25, 0.3) is 11.6 Å². The van der Waals surface area contributed by atoms with E-state index in [-0.39, 0.29) is 0 Å². The summed E-state index contributed by atoms with van der Waals surface area (Å²) < 4.78 is 0. The highest BCUT2D eigenvalue weighted by Crippen LogP contribution is 2.18. The lowest BCUT2D eigenvalue weighted by atomic mass is 10.1. The molecule has 0 fully saturated rings. The first-order valence-electron chi connectivity index (χ1n) is 4.77. The highest BCUT2D eigenvalue weighted by molar-refractivity contribution is 6.10. The van der Waals surface area contributed by atoms with Crippen molar-refractivity contribution in [2.75, 3.05) is 7.05 Å². The number of hydrogen-bond acceptors (Lipinski definition) is 3. The second kappa shape index (κ2) is 5.20. The number of nitrogens with zero attached hydrogens (tertiary/aromatic N) is 3. The highest BCUT2D eigenvalue weighted by atomic mass is 14.8. The summed E-state index contributed by atoms with van der Waals surface area (Å²) in [5, 5.41) is 0. The van der Waals surface area contributed by atoms with Crippen molar-refractivity contribution in [1.29, 1.82) is 0 Å². The Bertz CT molecular complexity index is 417. The lowest BCUT2D eigenvalue weighted by Gasteiger charge is -2.06. The first-order valence-corrected chi connectivity index (χ1v) is 4.77. The van der Waals surface area contributed by atoms with E-state index in [1.54, 1.807) is 25.7 Å². The lowest BCUT2D eigenvalue weighted by molar-refractivity contribution is 1.08. The first kappa shape index (κ1) is 11.3. The first-order chi connectivity index (χ1) is 7.24. The Morgan fingerprint density at radius 3 is 2.73 bits per heavy atom. The molecule has 0 radical (unpaired) electrons. The predicted octanol–water partition coefficient (Wildman–Crippen LogP) is 2.53. The Balaban J connectivity index is 3.36. The van der Waals surface area contributed by atoms with Crippen LogP contribution in [-0.2, 0) is 0 Å². The molecule has 0 aromatic carbocycles. The smallest absolute Gasteiger partial charge is 0.116 e. The molecule has 0 saturated carbocycles. The van der Waals surface area contributed by atoms with E-state index in [1.165, 1.54) is 0 Å². The second-order valence-corrected chi connectivity index (χ2v) is 3.06. The fourth-order valence-corrected chi connectivity index (χ4v) is 1.37. The van der Waals surface area contributed by atoms with E-state index in [0.29, 0.717) is 0 Å². The molecule has 1 aromatic heterocycles. The molecule has 0 spiro atoms. The zero-order chi connectivity index (χ0) is 11.3. The van der Waals surface area contributed by atoms with Crippen LogP contribution in [0.2, 0.25) is 0 Å². The largest absolute Gasteiger partial charge is 0.296 e. The van der Waals surface area contributed by atoms with Gasteiger partial charge in [0, 0.05) is 30.1 Å². The summed E-state index contributed by atoms with van der Waals surface area (Å²) in [5.74, 6) is 0. The normalized spacial score (nSPS) is 12.1. The van der Waals surface area contributed by atoms with E-state index in [4.69, 9.17) is 0 Å². The van der Waals surface area contributed by atoms with Gasteiger partial charge in [-0.2, -0.15) is 0 Å². The molecule has 0 saturated heterocycles. The van der Waals surface area contributed by atoms with Gasteiger partial charge in [0.15, 0.2) is 0 Å². The minimum absolute atomic E-state index is 0.880. The Hall–Kier alpha value is -1.77. The maximum atomic E-state index is 4.26. The lowest BCUT2D eigenvalue weighted by Crippen LogP contribution is -1.99. The second-order valence-electron chi connectivity index (χ2n) is 3.06. The molecule has 0 bridgehead atoms. The summed E-state index contributed by atoms with van der Waals surface area (Å²) in [6, 6.07) is 0. The fourth-order valence-electron chi connectivity index (χ4n) is 1.37. The molecule has 0 aliphatic heterocycles. The zero-order valence-corrected chi connectivity index (χ0v) is 9.36. The van der Waals surface area contributed by atoms with Crippen LogP contribution in [0.5, 0.6) is 0 Å². The molecule has 0 unspecified atom stereocenters. The maximum absolute atomic E-state index is 4.26. The van der Waals surface area contributed by atoms with Crippen LogP contribution in [0.4, 0.5) is 0 Å². The SMILES string of the molecule is C=Cc1c(C)ncnc1C(/C=N\C)=C/C. The zero-order valence-electron chi connectivity index (χ0n) is 9.36. The van der Waals surface area contributed by atoms with Crippen LogP contribution in [0, 0.1) is 6.92 Å². The Morgan fingerprint density at radius 1 is 1.47 bits per heavy atom. The van der Waals surface area contributed by atoms with Gasteiger partial charge >= 0.3 is 0 Å². The summed E-state index contributed by atoms with van der Waals surface area (Å²) >= 11 is 0. The number of aryl methyl sites for hydroxylation is 1. The summed E-state index contributed by atoms with van der Waals surface area (Å²) in [7, 11) is 1.74. The van der Waals surface area contributed by atoms with Crippen molar-refractivity contribution in [3.8, 4) is 0 Å². The third-order valence-electron chi connectivity index (χ3n) is 2.14. The summed E-state index contributed by atoms with van der Waals surface area (Å²) in [6.45, 7) is 7.68. The average molecular weight is 201 g/mol. The molecule has 1 rings (SSSR count). The number of aromatic nitrogens is 2. The van der Waals surface area contributed by atoms with Crippen LogP contribution < -0.4 is 0 Å². The standard InChI is InChI=1S/C12H15N3/c1-5-10(7-13-4)12-11(6-2)9(3)14-8-15-12/h5-8H,2H2,1,3-4H3/b10-5+,13-7-. The molecular formula is C12H15N3. The van der Waals surface area contributed by atoms with Gasteiger partial charge in [0.05, 0.1) is 5.69 Å². The van der Waals surface area contributed by atoms with Gasteiger partial charge in [-0.3, -0.25) is 4.99 Å². The molecule has 0 aliphatic rings. The van der Waals surface area contributed by atoms with Gasteiger partial charge in [0.1, 0.15) is 6.33 Å². The van der Waals surface area contributed by atoms with Gasteiger partial charge in [-0.25, -0.2) is 9.97 Å². The van der Waals surface area contributed by atoms with E-state index in [1.807, 2.05) is 19.9 Å². The number of hydrogen-bond donors (Lipinski definition) is 0. The maximum Gasteiger partial charge on any atom is 0.116 e. The van der Waals surface area contributed by atoms with Crippen molar-refractivity contribution < 1.29 is 0 Å². The average Bonchev–Trinajstić information content (AvgIpc) is 2.25. The number of aliphatic imine (C=N–C) groups is 1. The fraction of sp³-hybridized carbons (Fsp3) is 0.250. The van der Waals surface area contributed by atoms with E-state index >= 15 is 0 Å². The summed E-state index contributed by atoms with van der Waals surface area (Å²) in [6.07, 6.45) is 7.10. The highest BCUT2D eigenvalue weighted by Gasteiger charge is 2.07. The van der Waals surface area contributed by atoms with Gasteiger partial charge in [0.25, 0.3) is 0 Å². The van der Waals surface area contributed by atoms with Gasteiger partial charge in [0.2, 0.25) is 0 Å². The van der Waals surface area contributed by atoms with Crippen molar-refractivity contribution in [2.24, 2.45) is 4.99 Å². The van der Waals surface area contributed by atoms with Gasteiger partial charge < -0.3 is 0 Å². The topological polar surface area (TPSA) is 38.1 Å². The van der Waals surface area contributed by atoms with Crippen molar-refractivity contribution in [1.82, 2.24) is 9.97 Å². The molecule has 0 amide bonds. The third kappa shape index (κ3) is 2.37. The minimum Gasteiger partial charge on any atom is -0.296 e. The molecule has 1 aromatic rings. The number of rotatable bonds is 3. The molecule has 78 valence electrons. The Labute approximate surface area is 90.3 Å². The monoisotopic (exact) mass is 201 g/mol. The molecule has 0 atom stereocenters. The van der Waals surface area contributed by atoms with E-state index in [9.17, 15) is 0 Å². The Morgan fingerprint density at radius 2 is 2.20 bits per heavy atom. The van der Waals surface area contributed by atoms with Gasteiger partial charge in [-0.15, -0.1) is 0 Å². The molecular weight excluding hydrogens is 186 g/mol. The van der Waals surface area contributed by atoms with Crippen LogP contribution in [0.3, 0.4) is 0 Å². The third-order valence-corrected chi connectivity index (χ3v) is 2.14. The molecule has 1 heterocycles. The Kier molecular flexibility index (Phi) is 3.92. The van der Waals surface area contributed by atoms with E-state index < -0.39 is 0 Å². The summed E-state index contributed by atoms with van der Waals surface area (Å²) in [4.78, 5) is 12.4. The molecule has 3 nitrogen and oxygen atoms in total. The van der Waals surface area contributed by atoms with Crippen molar-refractivity contribution in [3.05, 3.63) is 35.9 Å². The van der Waals surface area contributed by atoms with E-state index in [2.05, 4.69) is 21.5 Å². The van der Waals surface area contributed by atoms with Crippen molar-refractivity contribution in [3.63, 3.8) is 0 Å². The molecule has 3 heteroatoms. The predicted molar refractivity (Wildman–Crippen MR) is 64.9 cm³/mol. The minimum atomic E-state index is 0.880. The number of allylic oxidation sites excluding steroid dienone is 2. The summed E-state index contributed by atoms with van der Waals surface area (Å²) in [5.41, 5.74) is 3.76. The van der Waals surface area contributed by atoms with Crippen LogP contribution >= 0.6 is 0 Å². The van der Waals surface area contributed by atoms with Gasteiger partial charge in [-0.05, 0) is 13.8 Å². The van der Waals surface area contributed by atoms with Crippen molar-refractivity contribution in [2.45, 2.75) is 13.8 Å². The van der Waals surface area contributed by atoms with Crippen molar-refractivity contribution >= 4 is 17.9 Å². The molecule has 0 N–H and O–H groups in total. The van der Waals surface area contributed by atoms with Crippen LogP contribution in [0.15, 0.2) is 24.0 Å². The van der Waals surface area contributed by atoms with Crippen LogP contribution in [-0.4, -0.2) is 23.2 Å². The van der Waals surface area contributed by atoms with Gasteiger partial charge in [-0.1, -0.05) is 18.7 Å².